The first kappa shape index (κ1) is 11.4. The van der Waals surface area contributed by atoms with Crippen molar-refractivity contribution in [3.8, 4) is 0 Å². The normalized spacial score (nSPS) is 14.1. The minimum Gasteiger partial charge on any atom is -0.373 e. The number of thioether (sulfide) groups is 1. The molecule has 2 rings (SSSR count). The number of hydrogen-bond acceptors (Lipinski definition) is 2. The van der Waals surface area contributed by atoms with Gasteiger partial charge in [0.05, 0.1) is 5.69 Å². The standard InChI is InChI=1S/C10H13NS.C2H6/c1-8-4-3-5-9-10(8)12-7-6-11(9)2;1-2/h3-5H,6-7H2,1-2H3;1-2H3. The minimum atomic E-state index is 1.17. The molecule has 14 heavy (non-hydrogen) atoms. The zero-order valence-electron chi connectivity index (χ0n) is 9.50. The van der Waals surface area contributed by atoms with E-state index in [0.717, 1.165) is 0 Å². The Bertz CT molecular complexity index is 296. The van der Waals surface area contributed by atoms with E-state index in [2.05, 4.69) is 37.1 Å². The molecule has 0 aliphatic carbocycles. The number of benzene rings is 1. The topological polar surface area (TPSA) is 3.24 Å². The molecule has 0 saturated heterocycles. The van der Waals surface area contributed by atoms with Gasteiger partial charge in [-0.2, -0.15) is 0 Å². The second-order valence-electron chi connectivity index (χ2n) is 3.19. The average Bonchev–Trinajstić information content (AvgIpc) is 2.23. The summed E-state index contributed by atoms with van der Waals surface area (Å²) in [6, 6.07) is 6.52. The Hall–Kier alpha value is -0.630. The highest BCUT2D eigenvalue weighted by molar-refractivity contribution is 7.99. The van der Waals surface area contributed by atoms with Gasteiger partial charge in [0.15, 0.2) is 0 Å². The first-order chi connectivity index (χ1) is 6.79. The van der Waals surface area contributed by atoms with Gasteiger partial charge in [0.2, 0.25) is 0 Å². The molecule has 0 fully saturated rings. The lowest BCUT2D eigenvalue weighted by molar-refractivity contribution is 0.938. The molecular weight excluding hydrogens is 190 g/mol. The molecule has 2 heteroatoms. The van der Waals surface area contributed by atoms with Crippen molar-refractivity contribution in [3.63, 3.8) is 0 Å². The van der Waals surface area contributed by atoms with Crippen LogP contribution < -0.4 is 4.90 Å². The molecule has 0 atom stereocenters. The van der Waals surface area contributed by atoms with Crippen LogP contribution in [0.4, 0.5) is 5.69 Å². The molecule has 0 amide bonds. The molecule has 1 heterocycles. The highest BCUT2D eigenvalue weighted by Crippen LogP contribution is 2.35. The number of hydrogen-bond donors (Lipinski definition) is 0. The lowest BCUT2D eigenvalue weighted by Gasteiger charge is -2.27. The summed E-state index contributed by atoms with van der Waals surface area (Å²) in [5, 5.41) is 0. The number of fused-ring (bicyclic) bond motifs is 1. The highest BCUT2D eigenvalue weighted by atomic mass is 32.2. The van der Waals surface area contributed by atoms with Crippen LogP contribution in [0.25, 0.3) is 0 Å². The molecule has 78 valence electrons. The van der Waals surface area contributed by atoms with Gasteiger partial charge in [0.25, 0.3) is 0 Å². The van der Waals surface area contributed by atoms with E-state index >= 15 is 0 Å². The van der Waals surface area contributed by atoms with Crippen molar-refractivity contribution in [2.24, 2.45) is 0 Å². The van der Waals surface area contributed by atoms with E-state index in [1.807, 2.05) is 25.6 Å². The molecule has 0 saturated carbocycles. The number of nitrogens with zero attached hydrogens (tertiary/aromatic N) is 1. The Labute approximate surface area is 91.5 Å². The van der Waals surface area contributed by atoms with Crippen LogP contribution in [0.2, 0.25) is 0 Å². The molecule has 1 aromatic carbocycles. The van der Waals surface area contributed by atoms with Crippen LogP contribution in [-0.2, 0) is 0 Å². The monoisotopic (exact) mass is 209 g/mol. The Morgan fingerprint density at radius 3 is 2.64 bits per heavy atom. The van der Waals surface area contributed by atoms with Gasteiger partial charge in [-0.1, -0.05) is 26.0 Å². The fraction of sp³-hybridized carbons (Fsp3) is 0.500. The van der Waals surface area contributed by atoms with E-state index < -0.39 is 0 Å². The Kier molecular flexibility index (Phi) is 4.33. The molecule has 0 N–H and O–H groups in total. The maximum absolute atomic E-state index is 2.33. The minimum absolute atomic E-state index is 1.17. The van der Waals surface area contributed by atoms with Gasteiger partial charge in [-0.25, -0.2) is 0 Å². The van der Waals surface area contributed by atoms with Crippen molar-refractivity contribution in [1.29, 1.82) is 0 Å². The zero-order chi connectivity index (χ0) is 10.6. The molecule has 1 aromatic rings. The molecule has 0 spiro atoms. The molecule has 0 bridgehead atoms. The SMILES string of the molecule is CC.Cc1cccc2c1SCCN2C. The molecule has 0 radical (unpaired) electrons. The van der Waals surface area contributed by atoms with Crippen LogP contribution in [0.1, 0.15) is 19.4 Å². The summed E-state index contributed by atoms with van der Waals surface area (Å²) in [6.45, 7) is 7.35. The van der Waals surface area contributed by atoms with Crippen LogP contribution in [0, 0.1) is 6.92 Å². The summed E-state index contributed by atoms with van der Waals surface area (Å²) in [6.07, 6.45) is 0. The Morgan fingerprint density at radius 1 is 1.29 bits per heavy atom. The van der Waals surface area contributed by atoms with Gasteiger partial charge in [-0.05, 0) is 18.6 Å². The van der Waals surface area contributed by atoms with Crippen molar-refractivity contribution in [2.75, 3.05) is 24.2 Å². The van der Waals surface area contributed by atoms with Crippen molar-refractivity contribution in [2.45, 2.75) is 25.7 Å². The summed E-state index contributed by atoms with van der Waals surface area (Å²) in [7, 11) is 2.16. The van der Waals surface area contributed by atoms with Crippen LogP contribution in [0.3, 0.4) is 0 Å². The fourth-order valence-corrected chi connectivity index (χ4v) is 2.77. The maximum atomic E-state index is 2.33. The zero-order valence-corrected chi connectivity index (χ0v) is 10.3. The highest BCUT2D eigenvalue weighted by Gasteiger charge is 2.14. The van der Waals surface area contributed by atoms with Crippen molar-refractivity contribution in [1.82, 2.24) is 0 Å². The second kappa shape index (κ2) is 5.30. The molecule has 1 aliphatic heterocycles. The first-order valence-electron chi connectivity index (χ1n) is 5.22. The van der Waals surface area contributed by atoms with Crippen molar-refractivity contribution in [3.05, 3.63) is 23.8 Å². The predicted molar refractivity (Wildman–Crippen MR) is 66.5 cm³/mol. The van der Waals surface area contributed by atoms with Crippen LogP contribution in [0.15, 0.2) is 23.1 Å². The Balaban J connectivity index is 0.000000461. The smallest absolute Gasteiger partial charge is 0.0504 e. The first-order valence-corrected chi connectivity index (χ1v) is 6.21. The van der Waals surface area contributed by atoms with E-state index in [1.54, 1.807) is 0 Å². The third-order valence-corrected chi connectivity index (χ3v) is 3.48. The average molecular weight is 209 g/mol. The maximum Gasteiger partial charge on any atom is 0.0504 e. The quantitative estimate of drug-likeness (QED) is 0.642. The number of anilines is 1. The van der Waals surface area contributed by atoms with Gasteiger partial charge >= 0.3 is 0 Å². The third kappa shape index (κ3) is 2.24. The van der Waals surface area contributed by atoms with Gasteiger partial charge < -0.3 is 4.90 Å². The summed E-state index contributed by atoms with van der Waals surface area (Å²) in [5.41, 5.74) is 2.80. The van der Waals surface area contributed by atoms with Crippen LogP contribution in [-0.4, -0.2) is 19.3 Å². The molecule has 0 unspecified atom stereocenters. The third-order valence-electron chi connectivity index (χ3n) is 2.28. The van der Waals surface area contributed by atoms with E-state index in [-0.39, 0.29) is 0 Å². The summed E-state index contributed by atoms with van der Waals surface area (Å²) in [4.78, 5) is 3.80. The molecular formula is C12H19NS. The Morgan fingerprint density at radius 2 is 2.00 bits per heavy atom. The summed E-state index contributed by atoms with van der Waals surface area (Å²) < 4.78 is 0. The van der Waals surface area contributed by atoms with Crippen molar-refractivity contribution >= 4 is 17.4 Å². The largest absolute Gasteiger partial charge is 0.373 e. The van der Waals surface area contributed by atoms with E-state index in [1.165, 1.54) is 28.4 Å². The van der Waals surface area contributed by atoms with E-state index in [9.17, 15) is 0 Å². The van der Waals surface area contributed by atoms with E-state index in [0.29, 0.717) is 0 Å². The van der Waals surface area contributed by atoms with Crippen LogP contribution in [0.5, 0.6) is 0 Å². The number of aryl methyl sites for hydroxylation is 1. The molecule has 1 aliphatic rings. The van der Waals surface area contributed by atoms with E-state index in [4.69, 9.17) is 0 Å². The fourth-order valence-electron chi connectivity index (χ4n) is 1.53. The summed E-state index contributed by atoms with van der Waals surface area (Å²) >= 11 is 1.98. The van der Waals surface area contributed by atoms with Gasteiger partial charge in [0, 0.05) is 24.2 Å². The lowest BCUT2D eigenvalue weighted by atomic mass is 10.2. The number of rotatable bonds is 0. The predicted octanol–water partition coefficient (Wildman–Crippen LogP) is 3.56. The molecule has 1 nitrogen and oxygen atoms in total. The van der Waals surface area contributed by atoms with Crippen molar-refractivity contribution < 1.29 is 0 Å². The van der Waals surface area contributed by atoms with Gasteiger partial charge in [-0.15, -0.1) is 11.8 Å². The van der Waals surface area contributed by atoms with Crippen LogP contribution >= 0.6 is 11.8 Å². The van der Waals surface area contributed by atoms with Gasteiger partial charge in [0.1, 0.15) is 0 Å². The van der Waals surface area contributed by atoms with Gasteiger partial charge in [-0.3, -0.25) is 0 Å². The summed E-state index contributed by atoms with van der Waals surface area (Å²) in [5.74, 6) is 1.22. The second-order valence-corrected chi connectivity index (χ2v) is 4.30. The molecule has 0 aromatic heterocycles. The lowest BCUT2D eigenvalue weighted by Crippen LogP contribution is -2.24.